The fraction of sp³-hybridized carbons (Fsp3) is 0.467. The van der Waals surface area contributed by atoms with Crippen molar-refractivity contribution in [2.45, 2.75) is 37.1 Å². The number of carboxylic acids is 1. The van der Waals surface area contributed by atoms with Gasteiger partial charge in [0.1, 0.15) is 0 Å². The molecule has 0 aromatic heterocycles. The molecule has 1 amide bonds. The Bertz CT molecular complexity index is 486. The molecule has 1 aliphatic rings. The number of amides is 1. The number of benzene rings is 1. The summed E-state index contributed by atoms with van der Waals surface area (Å²) in [5, 5.41) is 8.83. The monoisotopic (exact) mass is 293 g/mol. The third kappa shape index (κ3) is 3.76. The second-order valence-electron chi connectivity index (χ2n) is 5.05. The summed E-state index contributed by atoms with van der Waals surface area (Å²) in [6.07, 6.45) is 3.38. The van der Waals surface area contributed by atoms with Crippen molar-refractivity contribution in [3.8, 4) is 0 Å². The van der Waals surface area contributed by atoms with Crippen molar-refractivity contribution in [3.63, 3.8) is 0 Å². The highest BCUT2D eigenvalue weighted by atomic mass is 32.2. The average molecular weight is 293 g/mol. The zero-order valence-corrected chi connectivity index (χ0v) is 12.4. The molecule has 108 valence electrons. The van der Waals surface area contributed by atoms with Crippen molar-refractivity contribution in [3.05, 3.63) is 29.8 Å². The van der Waals surface area contributed by atoms with Gasteiger partial charge in [0.2, 0.25) is 5.91 Å². The molecular weight excluding hydrogens is 274 g/mol. The number of aromatic carboxylic acids is 1. The van der Waals surface area contributed by atoms with E-state index in [1.807, 2.05) is 4.90 Å². The first-order chi connectivity index (χ1) is 9.58. The summed E-state index contributed by atoms with van der Waals surface area (Å²) in [4.78, 5) is 25.8. The number of rotatable bonds is 4. The largest absolute Gasteiger partial charge is 0.478 e. The molecule has 5 heteroatoms. The van der Waals surface area contributed by atoms with Crippen molar-refractivity contribution in [2.24, 2.45) is 0 Å². The highest BCUT2D eigenvalue weighted by molar-refractivity contribution is 8.00. The Morgan fingerprint density at radius 2 is 2.00 bits per heavy atom. The molecule has 1 saturated heterocycles. The highest BCUT2D eigenvalue weighted by Crippen LogP contribution is 2.22. The number of nitrogens with zero attached hydrogens (tertiary/aromatic N) is 1. The number of carbonyl (C=O) groups is 2. The summed E-state index contributed by atoms with van der Waals surface area (Å²) >= 11 is 1.46. The van der Waals surface area contributed by atoms with E-state index < -0.39 is 5.97 Å². The van der Waals surface area contributed by atoms with E-state index in [9.17, 15) is 9.59 Å². The fourth-order valence-electron chi connectivity index (χ4n) is 2.39. The van der Waals surface area contributed by atoms with Gasteiger partial charge in [-0.1, -0.05) is 0 Å². The van der Waals surface area contributed by atoms with E-state index in [4.69, 9.17) is 5.11 Å². The van der Waals surface area contributed by atoms with Crippen molar-refractivity contribution in [1.82, 2.24) is 4.90 Å². The number of carboxylic acid groups (broad SMARTS) is 1. The molecule has 1 N–H and O–H groups in total. The third-order valence-electron chi connectivity index (χ3n) is 3.59. The lowest BCUT2D eigenvalue weighted by molar-refractivity contribution is -0.131. The molecule has 1 unspecified atom stereocenters. The lowest BCUT2D eigenvalue weighted by atomic mass is 10.0. The molecule has 2 rings (SSSR count). The molecular formula is C15H19NO3S. The Morgan fingerprint density at radius 1 is 1.30 bits per heavy atom. The molecule has 0 bridgehead atoms. The summed E-state index contributed by atoms with van der Waals surface area (Å²) in [5.74, 6) is -0.346. The van der Waals surface area contributed by atoms with E-state index in [-0.39, 0.29) is 11.5 Å². The van der Waals surface area contributed by atoms with Crippen LogP contribution < -0.4 is 0 Å². The van der Waals surface area contributed by atoms with Gasteiger partial charge in [-0.2, -0.15) is 0 Å². The first kappa shape index (κ1) is 14.9. The molecule has 20 heavy (non-hydrogen) atoms. The van der Waals surface area contributed by atoms with Crippen LogP contribution in [0.3, 0.4) is 0 Å². The maximum absolute atomic E-state index is 12.2. The number of hydrogen-bond donors (Lipinski definition) is 1. The van der Waals surface area contributed by atoms with E-state index in [1.165, 1.54) is 18.2 Å². The fourth-order valence-corrected chi connectivity index (χ4v) is 3.17. The number of carbonyl (C=O) groups excluding carboxylic acids is 1. The quantitative estimate of drug-likeness (QED) is 0.867. The SMILES string of the molecule is CC1CCCCN1C(=O)CSc1ccc(C(=O)O)cc1. The maximum atomic E-state index is 12.2. The first-order valence-electron chi connectivity index (χ1n) is 6.83. The molecule has 1 aliphatic heterocycles. The van der Waals surface area contributed by atoms with Gasteiger partial charge < -0.3 is 10.0 Å². The Kier molecular flexibility index (Phi) is 5.06. The van der Waals surface area contributed by atoms with Crippen LogP contribution in [-0.2, 0) is 4.79 Å². The highest BCUT2D eigenvalue weighted by Gasteiger charge is 2.22. The molecule has 0 aliphatic carbocycles. The predicted octanol–water partition coefficient (Wildman–Crippen LogP) is 2.88. The minimum Gasteiger partial charge on any atom is -0.478 e. The standard InChI is InChI=1S/C15H19NO3S/c1-11-4-2-3-9-16(11)14(17)10-20-13-7-5-12(6-8-13)15(18)19/h5-8,11H,2-4,9-10H2,1H3,(H,18,19). The van der Waals surface area contributed by atoms with Gasteiger partial charge in [-0.3, -0.25) is 4.79 Å². The van der Waals surface area contributed by atoms with Crippen LogP contribution in [-0.4, -0.2) is 40.2 Å². The van der Waals surface area contributed by atoms with E-state index in [0.29, 0.717) is 11.8 Å². The summed E-state index contributed by atoms with van der Waals surface area (Å²) in [6.45, 7) is 2.96. The van der Waals surface area contributed by atoms with Crippen LogP contribution in [0, 0.1) is 0 Å². The Morgan fingerprint density at radius 3 is 2.60 bits per heavy atom. The molecule has 4 nitrogen and oxygen atoms in total. The molecule has 1 fully saturated rings. The Balaban J connectivity index is 1.88. The van der Waals surface area contributed by atoms with Crippen LogP contribution in [0.1, 0.15) is 36.5 Å². The molecule has 1 heterocycles. The maximum Gasteiger partial charge on any atom is 0.335 e. The second kappa shape index (κ2) is 6.79. The number of piperidine rings is 1. The van der Waals surface area contributed by atoms with Crippen LogP contribution >= 0.6 is 11.8 Å². The zero-order valence-electron chi connectivity index (χ0n) is 11.5. The molecule has 1 aromatic carbocycles. The number of hydrogen-bond acceptors (Lipinski definition) is 3. The van der Waals surface area contributed by atoms with Crippen LogP contribution in [0.15, 0.2) is 29.2 Å². The molecule has 1 atom stereocenters. The summed E-state index contributed by atoms with van der Waals surface area (Å²) in [5.41, 5.74) is 0.269. The predicted molar refractivity (Wildman–Crippen MR) is 79.2 cm³/mol. The van der Waals surface area contributed by atoms with Gasteiger partial charge in [0.15, 0.2) is 0 Å². The Labute approximate surface area is 123 Å². The lowest BCUT2D eigenvalue weighted by Gasteiger charge is -2.33. The van der Waals surface area contributed by atoms with E-state index in [2.05, 4.69) is 6.92 Å². The van der Waals surface area contributed by atoms with Gasteiger partial charge in [0.25, 0.3) is 0 Å². The average Bonchev–Trinajstić information content (AvgIpc) is 2.45. The van der Waals surface area contributed by atoms with E-state index in [0.717, 1.165) is 24.3 Å². The first-order valence-corrected chi connectivity index (χ1v) is 7.82. The van der Waals surface area contributed by atoms with Gasteiger partial charge in [-0.15, -0.1) is 11.8 Å². The summed E-state index contributed by atoms with van der Waals surface area (Å²) in [7, 11) is 0. The number of thioether (sulfide) groups is 1. The van der Waals surface area contributed by atoms with E-state index >= 15 is 0 Å². The van der Waals surface area contributed by atoms with Crippen LogP contribution in [0.4, 0.5) is 0 Å². The van der Waals surface area contributed by atoms with Gasteiger partial charge in [0, 0.05) is 17.5 Å². The van der Waals surface area contributed by atoms with Gasteiger partial charge >= 0.3 is 5.97 Å². The topological polar surface area (TPSA) is 57.6 Å². The van der Waals surface area contributed by atoms with Crippen LogP contribution in [0.2, 0.25) is 0 Å². The van der Waals surface area contributed by atoms with Crippen molar-refractivity contribution >= 4 is 23.6 Å². The van der Waals surface area contributed by atoms with Gasteiger partial charge in [-0.05, 0) is 50.5 Å². The van der Waals surface area contributed by atoms with Crippen molar-refractivity contribution < 1.29 is 14.7 Å². The zero-order chi connectivity index (χ0) is 14.5. The van der Waals surface area contributed by atoms with Crippen LogP contribution in [0.5, 0.6) is 0 Å². The molecule has 1 aromatic rings. The minimum absolute atomic E-state index is 0.171. The number of likely N-dealkylation sites (tertiary alicyclic amines) is 1. The lowest BCUT2D eigenvalue weighted by Crippen LogP contribution is -2.42. The second-order valence-corrected chi connectivity index (χ2v) is 6.10. The van der Waals surface area contributed by atoms with Gasteiger partial charge in [-0.25, -0.2) is 4.79 Å². The van der Waals surface area contributed by atoms with Crippen LogP contribution in [0.25, 0.3) is 0 Å². The van der Waals surface area contributed by atoms with E-state index in [1.54, 1.807) is 24.3 Å². The Hall–Kier alpha value is -1.49. The van der Waals surface area contributed by atoms with Crippen molar-refractivity contribution in [1.29, 1.82) is 0 Å². The molecule has 0 saturated carbocycles. The van der Waals surface area contributed by atoms with Crippen molar-refractivity contribution in [2.75, 3.05) is 12.3 Å². The summed E-state index contributed by atoms with van der Waals surface area (Å²) in [6, 6.07) is 6.98. The normalized spacial score (nSPS) is 18.9. The third-order valence-corrected chi connectivity index (χ3v) is 4.58. The molecule has 0 radical (unpaired) electrons. The minimum atomic E-state index is -0.931. The smallest absolute Gasteiger partial charge is 0.335 e. The molecule has 0 spiro atoms. The van der Waals surface area contributed by atoms with Gasteiger partial charge in [0.05, 0.1) is 11.3 Å². The summed E-state index contributed by atoms with van der Waals surface area (Å²) < 4.78 is 0.